The van der Waals surface area contributed by atoms with Gasteiger partial charge in [-0.3, -0.25) is 4.57 Å². The molecule has 5 nitrogen and oxygen atoms in total. The number of furan rings is 1. The number of anilines is 1. The first kappa shape index (κ1) is 12.0. The summed E-state index contributed by atoms with van der Waals surface area (Å²) in [5.74, 6) is 2.08. The highest BCUT2D eigenvalue weighted by Gasteiger charge is 2.19. The van der Waals surface area contributed by atoms with Crippen molar-refractivity contribution in [2.45, 2.75) is 19.9 Å². The molecule has 0 aliphatic rings. The predicted molar refractivity (Wildman–Crippen MR) is 74.2 cm³/mol. The second-order valence-corrected chi connectivity index (χ2v) is 4.90. The molecule has 2 N–H and O–H groups in total. The number of aromatic nitrogens is 3. The van der Waals surface area contributed by atoms with Crippen LogP contribution in [0.3, 0.4) is 0 Å². The molecule has 19 heavy (non-hydrogen) atoms. The van der Waals surface area contributed by atoms with Crippen molar-refractivity contribution < 1.29 is 4.42 Å². The third-order valence-electron chi connectivity index (χ3n) is 3.08. The van der Waals surface area contributed by atoms with Crippen molar-refractivity contribution in [3.63, 3.8) is 0 Å². The summed E-state index contributed by atoms with van der Waals surface area (Å²) >= 11 is 5.91. The van der Waals surface area contributed by atoms with Crippen LogP contribution < -0.4 is 5.73 Å². The fourth-order valence-electron chi connectivity index (χ4n) is 2.16. The summed E-state index contributed by atoms with van der Waals surface area (Å²) in [5.41, 5.74) is 7.35. The van der Waals surface area contributed by atoms with Crippen LogP contribution in [0, 0.1) is 6.92 Å². The summed E-state index contributed by atoms with van der Waals surface area (Å²) in [6, 6.07) is 5.52. The SMILES string of the molecule is Cc1ccc(C(C)n2c(N)nc3cc(Cl)cnc32)o1. The van der Waals surface area contributed by atoms with Gasteiger partial charge in [-0.05, 0) is 32.0 Å². The molecule has 0 radical (unpaired) electrons. The van der Waals surface area contributed by atoms with Crippen LogP contribution in [0.5, 0.6) is 0 Å². The van der Waals surface area contributed by atoms with E-state index < -0.39 is 0 Å². The number of hydrogen-bond donors (Lipinski definition) is 1. The molecule has 0 aliphatic heterocycles. The molecule has 0 saturated carbocycles. The summed E-state index contributed by atoms with van der Waals surface area (Å²) < 4.78 is 7.48. The Bertz CT molecular complexity index is 746. The van der Waals surface area contributed by atoms with E-state index >= 15 is 0 Å². The first-order valence-electron chi connectivity index (χ1n) is 5.91. The summed E-state index contributed by atoms with van der Waals surface area (Å²) in [6.45, 7) is 3.90. The van der Waals surface area contributed by atoms with Crippen molar-refractivity contribution in [3.05, 3.63) is 40.9 Å². The van der Waals surface area contributed by atoms with E-state index in [-0.39, 0.29) is 6.04 Å². The van der Waals surface area contributed by atoms with Crippen LogP contribution in [0.4, 0.5) is 5.95 Å². The van der Waals surface area contributed by atoms with Crippen LogP contribution in [0.1, 0.15) is 24.5 Å². The van der Waals surface area contributed by atoms with Gasteiger partial charge in [0.25, 0.3) is 0 Å². The van der Waals surface area contributed by atoms with Gasteiger partial charge in [-0.1, -0.05) is 11.6 Å². The van der Waals surface area contributed by atoms with E-state index in [9.17, 15) is 0 Å². The Morgan fingerprint density at radius 1 is 1.42 bits per heavy atom. The number of halogens is 1. The van der Waals surface area contributed by atoms with Crippen LogP contribution in [-0.4, -0.2) is 14.5 Å². The summed E-state index contributed by atoms with van der Waals surface area (Å²) in [6.07, 6.45) is 1.58. The number of nitrogen functional groups attached to an aromatic ring is 1. The normalized spacial score (nSPS) is 13.0. The molecule has 0 aliphatic carbocycles. The Morgan fingerprint density at radius 3 is 2.89 bits per heavy atom. The highest BCUT2D eigenvalue weighted by molar-refractivity contribution is 6.31. The minimum atomic E-state index is -0.0765. The lowest BCUT2D eigenvalue weighted by Gasteiger charge is -2.12. The van der Waals surface area contributed by atoms with E-state index in [1.165, 1.54) is 0 Å². The van der Waals surface area contributed by atoms with Gasteiger partial charge in [-0.25, -0.2) is 9.97 Å². The van der Waals surface area contributed by atoms with Gasteiger partial charge in [0, 0.05) is 6.20 Å². The molecule has 0 aromatic carbocycles. The number of pyridine rings is 1. The highest BCUT2D eigenvalue weighted by Crippen LogP contribution is 2.28. The Balaban J connectivity index is 2.16. The zero-order valence-electron chi connectivity index (χ0n) is 10.6. The highest BCUT2D eigenvalue weighted by atomic mass is 35.5. The first-order valence-corrected chi connectivity index (χ1v) is 6.29. The van der Waals surface area contributed by atoms with Crippen LogP contribution >= 0.6 is 11.6 Å². The third-order valence-corrected chi connectivity index (χ3v) is 3.29. The van der Waals surface area contributed by atoms with E-state index in [0.29, 0.717) is 22.1 Å². The maximum absolute atomic E-state index is 5.98. The van der Waals surface area contributed by atoms with Gasteiger partial charge in [-0.15, -0.1) is 0 Å². The van der Waals surface area contributed by atoms with E-state index in [4.69, 9.17) is 21.8 Å². The molecular formula is C13H13ClN4O. The summed E-state index contributed by atoms with van der Waals surface area (Å²) in [7, 11) is 0. The number of fused-ring (bicyclic) bond motifs is 1. The molecule has 3 heterocycles. The van der Waals surface area contributed by atoms with Crippen LogP contribution in [0.15, 0.2) is 28.8 Å². The molecule has 0 amide bonds. The van der Waals surface area contributed by atoms with Crippen LogP contribution in [0.25, 0.3) is 11.2 Å². The van der Waals surface area contributed by atoms with Crippen molar-refractivity contribution in [1.82, 2.24) is 14.5 Å². The average Bonchev–Trinajstić information content (AvgIpc) is 2.91. The zero-order valence-corrected chi connectivity index (χ0v) is 11.3. The second kappa shape index (κ2) is 4.28. The summed E-state index contributed by atoms with van der Waals surface area (Å²) in [4.78, 5) is 8.58. The molecule has 3 aromatic heterocycles. The number of hydrogen-bond acceptors (Lipinski definition) is 4. The molecule has 0 fully saturated rings. The molecule has 0 spiro atoms. The molecule has 0 bridgehead atoms. The van der Waals surface area contributed by atoms with Crippen molar-refractivity contribution in [3.8, 4) is 0 Å². The Labute approximate surface area is 115 Å². The molecule has 1 unspecified atom stereocenters. The minimum Gasteiger partial charge on any atom is -0.464 e. The largest absolute Gasteiger partial charge is 0.464 e. The van der Waals surface area contributed by atoms with Crippen molar-refractivity contribution in [2.24, 2.45) is 0 Å². The van der Waals surface area contributed by atoms with Crippen molar-refractivity contribution in [1.29, 1.82) is 0 Å². The van der Waals surface area contributed by atoms with Gasteiger partial charge in [0.15, 0.2) is 5.65 Å². The third kappa shape index (κ3) is 1.96. The van der Waals surface area contributed by atoms with E-state index in [1.54, 1.807) is 12.3 Å². The predicted octanol–water partition coefficient (Wildman–Crippen LogP) is 3.18. The first-order chi connectivity index (χ1) is 9.06. The number of imidazole rings is 1. The van der Waals surface area contributed by atoms with E-state index in [0.717, 1.165) is 11.5 Å². The fourth-order valence-corrected chi connectivity index (χ4v) is 2.31. The molecule has 3 rings (SSSR count). The number of nitrogens with zero attached hydrogens (tertiary/aromatic N) is 3. The van der Waals surface area contributed by atoms with Crippen molar-refractivity contribution >= 4 is 28.7 Å². The average molecular weight is 277 g/mol. The molecule has 3 aromatic rings. The van der Waals surface area contributed by atoms with Gasteiger partial charge in [0.1, 0.15) is 17.0 Å². The maximum Gasteiger partial charge on any atom is 0.203 e. The molecule has 1 atom stereocenters. The quantitative estimate of drug-likeness (QED) is 0.780. The smallest absolute Gasteiger partial charge is 0.203 e. The Hall–Kier alpha value is -2.01. The standard InChI is InChI=1S/C13H13ClN4O/c1-7-3-4-11(19-7)8(2)18-12-10(17-13(18)15)5-9(14)6-16-12/h3-6,8H,1-2H3,(H2,15,17). The number of nitrogens with two attached hydrogens (primary N) is 1. The molecular weight excluding hydrogens is 264 g/mol. The van der Waals surface area contributed by atoms with Crippen molar-refractivity contribution in [2.75, 3.05) is 5.73 Å². The van der Waals surface area contributed by atoms with E-state index in [1.807, 2.05) is 30.5 Å². The fraction of sp³-hybridized carbons (Fsp3) is 0.231. The monoisotopic (exact) mass is 276 g/mol. The molecule has 98 valence electrons. The lowest BCUT2D eigenvalue weighted by molar-refractivity contribution is 0.434. The van der Waals surface area contributed by atoms with Gasteiger partial charge >= 0.3 is 0 Å². The van der Waals surface area contributed by atoms with Gasteiger partial charge in [0.2, 0.25) is 5.95 Å². The lowest BCUT2D eigenvalue weighted by atomic mass is 10.2. The second-order valence-electron chi connectivity index (χ2n) is 4.46. The van der Waals surface area contributed by atoms with Gasteiger partial charge < -0.3 is 10.2 Å². The maximum atomic E-state index is 5.98. The van der Waals surface area contributed by atoms with Gasteiger partial charge in [0.05, 0.1) is 11.1 Å². The lowest BCUT2D eigenvalue weighted by Crippen LogP contribution is -2.10. The topological polar surface area (TPSA) is 69.9 Å². The van der Waals surface area contributed by atoms with Gasteiger partial charge in [-0.2, -0.15) is 0 Å². The molecule has 0 saturated heterocycles. The van der Waals surface area contributed by atoms with Crippen LogP contribution in [0.2, 0.25) is 5.02 Å². The van der Waals surface area contributed by atoms with Crippen LogP contribution in [-0.2, 0) is 0 Å². The van der Waals surface area contributed by atoms with E-state index in [2.05, 4.69) is 9.97 Å². The minimum absolute atomic E-state index is 0.0765. The summed E-state index contributed by atoms with van der Waals surface area (Å²) in [5, 5.41) is 0.540. The Kier molecular flexibility index (Phi) is 2.71. The number of aryl methyl sites for hydroxylation is 1. The number of rotatable bonds is 2. The Morgan fingerprint density at radius 2 is 2.21 bits per heavy atom. The molecule has 6 heteroatoms. The zero-order chi connectivity index (χ0) is 13.6.